The van der Waals surface area contributed by atoms with E-state index < -0.39 is 0 Å². The van der Waals surface area contributed by atoms with Crippen LogP contribution in [0.3, 0.4) is 0 Å². The summed E-state index contributed by atoms with van der Waals surface area (Å²) in [5, 5.41) is 0. The maximum absolute atomic E-state index is 12.4. The van der Waals surface area contributed by atoms with Crippen molar-refractivity contribution in [2.24, 2.45) is 0 Å². The fraction of sp³-hybridized carbons (Fsp3) is 0.0870. The molecule has 0 spiro atoms. The van der Waals surface area contributed by atoms with E-state index in [-0.39, 0.29) is 5.78 Å². The number of ketones is 1. The number of carbonyl (C=O) groups is 1. The zero-order valence-electron chi connectivity index (χ0n) is 14.8. The quantitative estimate of drug-likeness (QED) is 0.451. The minimum atomic E-state index is -0.0851. The van der Waals surface area contributed by atoms with Crippen LogP contribution in [0, 0.1) is 0 Å². The summed E-state index contributed by atoms with van der Waals surface area (Å²) in [7, 11) is 3.12. The average Bonchev–Trinajstić information content (AvgIpc) is 2.72. The highest BCUT2D eigenvalue weighted by Gasteiger charge is 2.08. The molecule has 0 aromatic heterocycles. The summed E-state index contributed by atoms with van der Waals surface area (Å²) in [6.07, 6.45) is 3.38. The Morgan fingerprint density at radius 3 is 2.08 bits per heavy atom. The topological polar surface area (TPSA) is 35.5 Å². The zero-order valence-corrected chi connectivity index (χ0v) is 14.8. The molecule has 0 aliphatic heterocycles. The SMILES string of the molecule is COc1ccc(C(=O)C=Cc2ccc(-c3ccccc3)cc2)cc1OC. The molecule has 0 radical (unpaired) electrons. The van der Waals surface area contributed by atoms with Crippen LogP contribution in [0.15, 0.2) is 78.9 Å². The van der Waals surface area contributed by atoms with Crippen molar-refractivity contribution in [3.05, 3.63) is 90.0 Å². The minimum Gasteiger partial charge on any atom is -0.493 e. The van der Waals surface area contributed by atoms with E-state index in [9.17, 15) is 4.79 Å². The van der Waals surface area contributed by atoms with Crippen LogP contribution in [-0.2, 0) is 0 Å². The minimum absolute atomic E-state index is 0.0851. The Morgan fingerprint density at radius 1 is 0.769 bits per heavy atom. The van der Waals surface area contributed by atoms with Gasteiger partial charge in [0.2, 0.25) is 0 Å². The largest absolute Gasteiger partial charge is 0.493 e. The first-order valence-electron chi connectivity index (χ1n) is 8.31. The second-order valence-electron chi connectivity index (χ2n) is 5.76. The highest BCUT2D eigenvalue weighted by molar-refractivity contribution is 6.07. The summed E-state index contributed by atoms with van der Waals surface area (Å²) in [6, 6.07) is 23.4. The summed E-state index contributed by atoms with van der Waals surface area (Å²) < 4.78 is 10.4. The van der Waals surface area contributed by atoms with E-state index in [1.54, 1.807) is 38.5 Å². The van der Waals surface area contributed by atoms with Crippen molar-refractivity contribution in [1.82, 2.24) is 0 Å². The van der Waals surface area contributed by atoms with Crippen molar-refractivity contribution >= 4 is 11.9 Å². The van der Waals surface area contributed by atoms with Crippen LogP contribution in [0.25, 0.3) is 17.2 Å². The first kappa shape index (κ1) is 17.5. The van der Waals surface area contributed by atoms with E-state index in [2.05, 4.69) is 24.3 Å². The summed E-state index contributed by atoms with van der Waals surface area (Å²) in [6.45, 7) is 0. The Hall–Kier alpha value is -3.33. The van der Waals surface area contributed by atoms with Gasteiger partial charge in [0.15, 0.2) is 17.3 Å². The molecular weight excluding hydrogens is 324 g/mol. The van der Waals surface area contributed by atoms with Crippen molar-refractivity contribution in [2.75, 3.05) is 14.2 Å². The summed E-state index contributed by atoms with van der Waals surface area (Å²) in [4.78, 5) is 12.4. The fourth-order valence-corrected chi connectivity index (χ4v) is 2.67. The lowest BCUT2D eigenvalue weighted by atomic mass is 10.0. The number of hydrogen-bond acceptors (Lipinski definition) is 3. The number of benzene rings is 3. The maximum Gasteiger partial charge on any atom is 0.185 e. The molecule has 0 amide bonds. The molecule has 3 rings (SSSR count). The van der Waals surface area contributed by atoms with Crippen LogP contribution in [0.1, 0.15) is 15.9 Å². The molecule has 26 heavy (non-hydrogen) atoms. The smallest absolute Gasteiger partial charge is 0.185 e. The molecule has 0 saturated heterocycles. The summed E-state index contributed by atoms with van der Waals surface area (Å²) >= 11 is 0. The Bertz CT molecular complexity index is 910. The van der Waals surface area contributed by atoms with Gasteiger partial charge in [-0.3, -0.25) is 4.79 Å². The van der Waals surface area contributed by atoms with Gasteiger partial charge < -0.3 is 9.47 Å². The molecule has 3 aromatic rings. The van der Waals surface area contributed by atoms with Gasteiger partial charge in [0.25, 0.3) is 0 Å². The monoisotopic (exact) mass is 344 g/mol. The van der Waals surface area contributed by atoms with Gasteiger partial charge in [0.05, 0.1) is 14.2 Å². The number of rotatable bonds is 6. The predicted octanol–water partition coefficient (Wildman–Crippen LogP) is 5.27. The van der Waals surface area contributed by atoms with E-state index in [0.717, 1.165) is 11.1 Å². The lowest BCUT2D eigenvalue weighted by Crippen LogP contribution is -1.97. The maximum atomic E-state index is 12.4. The molecule has 0 saturated carbocycles. The highest BCUT2D eigenvalue weighted by atomic mass is 16.5. The Labute approximate surface area is 153 Å². The van der Waals surface area contributed by atoms with Crippen molar-refractivity contribution in [3.8, 4) is 22.6 Å². The molecule has 0 aliphatic carbocycles. The standard InChI is InChI=1S/C23H20O3/c1-25-22-15-13-20(16-23(22)26-2)21(24)14-10-17-8-11-19(12-9-17)18-6-4-3-5-7-18/h3-16H,1-2H3. The predicted molar refractivity (Wildman–Crippen MR) is 105 cm³/mol. The first-order chi connectivity index (χ1) is 12.7. The third-order valence-corrected chi connectivity index (χ3v) is 4.11. The summed E-state index contributed by atoms with van der Waals surface area (Å²) in [5.74, 6) is 1.06. The van der Waals surface area contributed by atoms with Crippen LogP contribution in [0.5, 0.6) is 11.5 Å². The third-order valence-electron chi connectivity index (χ3n) is 4.11. The molecule has 3 aromatic carbocycles. The van der Waals surface area contributed by atoms with E-state index in [1.165, 1.54) is 5.56 Å². The van der Waals surface area contributed by atoms with E-state index in [4.69, 9.17) is 9.47 Å². The van der Waals surface area contributed by atoms with Crippen LogP contribution >= 0.6 is 0 Å². The average molecular weight is 344 g/mol. The molecule has 0 atom stereocenters. The van der Waals surface area contributed by atoms with E-state index in [1.807, 2.05) is 36.4 Å². The number of hydrogen-bond donors (Lipinski definition) is 0. The first-order valence-corrected chi connectivity index (χ1v) is 8.31. The van der Waals surface area contributed by atoms with Crippen molar-refractivity contribution < 1.29 is 14.3 Å². The third kappa shape index (κ3) is 4.01. The Kier molecular flexibility index (Phi) is 5.49. The van der Waals surface area contributed by atoms with Crippen LogP contribution < -0.4 is 9.47 Å². The molecule has 0 unspecified atom stereocenters. The van der Waals surface area contributed by atoms with Crippen LogP contribution in [0.4, 0.5) is 0 Å². The van der Waals surface area contributed by atoms with E-state index >= 15 is 0 Å². The van der Waals surface area contributed by atoms with E-state index in [0.29, 0.717) is 17.1 Å². The van der Waals surface area contributed by atoms with Crippen molar-refractivity contribution in [3.63, 3.8) is 0 Å². The van der Waals surface area contributed by atoms with Crippen molar-refractivity contribution in [2.45, 2.75) is 0 Å². The molecule has 0 fully saturated rings. The number of methoxy groups -OCH3 is 2. The Morgan fingerprint density at radius 2 is 1.42 bits per heavy atom. The number of carbonyl (C=O) groups excluding carboxylic acids is 1. The fourth-order valence-electron chi connectivity index (χ4n) is 2.67. The molecule has 0 N–H and O–H groups in total. The lowest BCUT2D eigenvalue weighted by molar-refractivity contribution is 0.104. The normalized spacial score (nSPS) is 10.7. The second-order valence-corrected chi connectivity index (χ2v) is 5.76. The molecular formula is C23H20O3. The summed E-state index contributed by atoms with van der Waals surface area (Å²) in [5.41, 5.74) is 3.84. The lowest BCUT2D eigenvalue weighted by Gasteiger charge is -2.08. The van der Waals surface area contributed by atoms with Gasteiger partial charge in [-0.25, -0.2) is 0 Å². The molecule has 0 heterocycles. The van der Waals surface area contributed by atoms with Gasteiger partial charge in [-0.1, -0.05) is 60.7 Å². The van der Waals surface area contributed by atoms with Crippen molar-refractivity contribution in [1.29, 1.82) is 0 Å². The molecule has 0 aliphatic rings. The highest BCUT2D eigenvalue weighted by Crippen LogP contribution is 2.28. The second kappa shape index (κ2) is 8.17. The van der Waals surface area contributed by atoms with Gasteiger partial charge in [0.1, 0.15) is 0 Å². The molecule has 130 valence electrons. The van der Waals surface area contributed by atoms with Gasteiger partial charge in [-0.2, -0.15) is 0 Å². The van der Waals surface area contributed by atoms with Gasteiger partial charge in [0, 0.05) is 5.56 Å². The molecule has 3 heteroatoms. The number of ether oxygens (including phenoxy) is 2. The zero-order chi connectivity index (χ0) is 18.4. The van der Waals surface area contributed by atoms with Gasteiger partial charge in [-0.15, -0.1) is 0 Å². The number of allylic oxidation sites excluding steroid dienone is 1. The molecule has 3 nitrogen and oxygen atoms in total. The Balaban J connectivity index is 1.74. The van der Waals surface area contributed by atoms with Crippen LogP contribution in [-0.4, -0.2) is 20.0 Å². The molecule has 0 bridgehead atoms. The van der Waals surface area contributed by atoms with Gasteiger partial charge >= 0.3 is 0 Å². The van der Waals surface area contributed by atoms with Gasteiger partial charge in [-0.05, 0) is 41.0 Å². The van der Waals surface area contributed by atoms with Crippen LogP contribution in [0.2, 0.25) is 0 Å².